The molecule has 2 fully saturated rings. The molecule has 26 heavy (non-hydrogen) atoms. The molecule has 1 aromatic heterocycles. The molecule has 1 aliphatic heterocycles. The number of hydrogen-bond donors (Lipinski definition) is 1. The fourth-order valence-corrected chi connectivity index (χ4v) is 5.15. The molecule has 1 saturated heterocycles. The third-order valence-corrected chi connectivity index (χ3v) is 6.47. The van der Waals surface area contributed by atoms with Crippen LogP contribution in [0.2, 0.25) is 0 Å². The Morgan fingerprint density at radius 3 is 2.54 bits per heavy atom. The van der Waals surface area contributed by atoms with Crippen LogP contribution in [0.5, 0.6) is 0 Å². The smallest absolute Gasteiger partial charge is 0.246 e. The van der Waals surface area contributed by atoms with Crippen LogP contribution in [-0.4, -0.2) is 39.4 Å². The number of anilines is 1. The number of imide groups is 1. The lowest BCUT2D eigenvalue weighted by Gasteiger charge is -2.16. The van der Waals surface area contributed by atoms with Crippen molar-refractivity contribution >= 4 is 34.2 Å². The highest BCUT2D eigenvalue weighted by molar-refractivity contribution is 7.15. The van der Waals surface area contributed by atoms with Crippen LogP contribution in [0.15, 0.2) is 12.2 Å². The maximum absolute atomic E-state index is 12.6. The van der Waals surface area contributed by atoms with Crippen LogP contribution in [0.3, 0.4) is 0 Å². The van der Waals surface area contributed by atoms with E-state index in [0.717, 1.165) is 42.0 Å². The summed E-state index contributed by atoms with van der Waals surface area (Å²) >= 11 is 1.35. The average molecular weight is 374 g/mol. The molecule has 1 saturated carbocycles. The summed E-state index contributed by atoms with van der Waals surface area (Å²) in [4.78, 5) is 38.6. The van der Waals surface area contributed by atoms with Crippen LogP contribution in [-0.2, 0) is 20.8 Å². The SMILES string of the molecule is CCCCCc1nnc(NC(=O)CN2C(=O)C3C4C=CC(C4)C3C2=O)s1. The summed E-state index contributed by atoms with van der Waals surface area (Å²) in [6, 6.07) is 0. The molecular formula is C18H22N4O3S. The van der Waals surface area contributed by atoms with E-state index >= 15 is 0 Å². The Kier molecular flexibility index (Phi) is 4.60. The highest BCUT2D eigenvalue weighted by Crippen LogP contribution is 2.52. The minimum Gasteiger partial charge on any atom is -0.299 e. The van der Waals surface area contributed by atoms with E-state index in [4.69, 9.17) is 0 Å². The zero-order valence-electron chi connectivity index (χ0n) is 14.7. The van der Waals surface area contributed by atoms with E-state index in [1.807, 2.05) is 12.2 Å². The molecule has 4 atom stereocenters. The lowest BCUT2D eigenvalue weighted by Crippen LogP contribution is -2.39. The number of hydrogen-bond acceptors (Lipinski definition) is 6. The first-order chi connectivity index (χ1) is 12.6. The number of carbonyl (C=O) groups is 3. The van der Waals surface area contributed by atoms with E-state index in [0.29, 0.717) is 5.13 Å². The quantitative estimate of drug-likeness (QED) is 0.448. The number of aromatic nitrogens is 2. The van der Waals surface area contributed by atoms with E-state index < -0.39 is 5.91 Å². The van der Waals surface area contributed by atoms with Gasteiger partial charge in [0.2, 0.25) is 22.9 Å². The van der Waals surface area contributed by atoms with Crippen molar-refractivity contribution in [1.82, 2.24) is 15.1 Å². The molecule has 3 amide bonds. The second-order valence-corrected chi connectivity index (χ2v) is 8.33. The fourth-order valence-electron chi connectivity index (χ4n) is 4.35. The predicted molar refractivity (Wildman–Crippen MR) is 96.2 cm³/mol. The van der Waals surface area contributed by atoms with Crippen molar-refractivity contribution in [3.8, 4) is 0 Å². The van der Waals surface area contributed by atoms with Gasteiger partial charge in [0.25, 0.3) is 0 Å². The van der Waals surface area contributed by atoms with Crippen LogP contribution >= 0.6 is 11.3 Å². The first kappa shape index (κ1) is 17.3. The first-order valence-electron chi connectivity index (χ1n) is 9.24. The molecule has 4 unspecified atom stereocenters. The van der Waals surface area contributed by atoms with Crippen molar-refractivity contribution in [2.75, 3.05) is 11.9 Å². The molecule has 138 valence electrons. The van der Waals surface area contributed by atoms with Crippen molar-refractivity contribution in [1.29, 1.82) is 0 Å². The van der Waals surface area contributed by atoms with Gasteiger partial charge in [-0.25, -0.2) is 0 Å². The topological polar surface area (TPSA) is 92.3 Å². The second-order valence-electron chi connectivity index (χ2n) is 7.27. The molecule has 2 heterocycles. The summed E-state index contributed by atoms with van der Waals surface area (Å²) in [5.41, 5.74) is 0. The number of carbonyl (C=O) groups excluding carboxylic acids is 3. The van der Waals surface area contributed by atoms with Crippen molar-refractivity contribution in [3.63, 3.8) is 0 Å². The number of unbranched alkanes of at least 4 members (excludes halogenated alkanes) is 2. The molecule has 0 spiro atoms. The van der Waals surface area contributed by atoms with Crippen LogP contribution in [0, 0.1) is 23.7 Å². The van der Waals surface area contributed by atoms with Crippen LogP contribution in [0.25, 0.3) is 0 Å². The Labute approximate surface area is 155 Å². The molecule has 4 rings (SSSR count). The van der Waals surface area contributed by atoms with Crippen LogP contribution in [0.4, 0.5) is 5.13 Å². The lowest BCUT2D eigenvalue weighted by molar-refractivity contribution is -0.143. The Morgan fingerprint density at radius 1 is 1.19 bits per heavy atom. The number of amides is 3. The van der Waals surface area contributed by atoms with Gasteiger partial charge >= 0.3 is 0 Å². The second kappa shape index (κ2) is 6.90. The van der Waals surface area contributed by atoms with Crippen molar-refractivity contribution in [3.05, 3.63) is 17.2 Å². The zero-order valence-corrected chi connectivity index (χ0v) is 15.5. The molecule has 0 aromatic carbocycles. The maximum Gasteiger partial charge on any atom is 0.246 e. The van der Waals surface area contributed by atoms with Gasteiger partial charge in [0.05, 0.1) is 11.8 Å². The highest BCUT2D eigenvalue weighted by Gasteiger charge is 2.59. The standard InChI is InChI=1S/C18H22N4O3S/c1-2-3-4-5-13-20-21-18(26-13)19-12(23)9-22-16(24)14-10-6-7-11(8-10)15(14)17(22)25/h6-7,10-11,14-15H,2-5,8-9H2,1H3,(H,19,21,23). The molecule has 7 nitrogen and oxygen atoms in total. The number of likely N-dealkylation sites (tertiary alicyclic amines) is 1. The number of rotatable bonds is 7. The van der Waals surface area contributed by atoms with Gasteiger partial charge in [0, 0.05) is 6.42 Å². The molecular weight excluding hydrogens is 352 g/mol. The minimum absolute atomic E-state index is 0.156. The molecule has 1 N–H and O–H groups in total. The third-order valence-electron chi connectivity index (χ3n) is 5.57. The van der Waals surface area contributed by atoms with E-state index in [9.17, 15) is 14.4 Å². The Hall–Kier alpha value is -2.09. The van der Waals surface area contributed by atoms with Gasteiger partial charge in [0.15, 0.2) is 0 Å². The third kappa shape index (κ3) is 2.96. The Bertz CT molecular complexity index is 744. The van der Waals surface area contributed by atoms with E-state index in [-0.39, 0.29) is 42.0 Å². The lowest BCUT2D eigenvalue weighted by atomic mass is 9.85. The number of nitrogens with zero attached hydrogens (tertiary/aromatic N) is 3. The molecule has 0 radical (unpaired) electrons. The Morgan fingerprint density at radius 2 is 1.88 bits per heavy atom. The summed E-state index contributed by atoms with van der Waals surface area (Å²) in [7, 11) is 0. The number of aryl methyl sites for hydroxylation is 1. The van der Waals surface area contributed by atoms with Gasteiger partial charge in [-0.2, -0.15) is 0 Å². The first-order valence-corrected chi connectivity index (χ1v) is 10.1. The number of nitrogens with one attached hydrogen (secondary N) is 1. The summed E-state index contributed by atoms with van der Waals surface area (Å²) in [6.45, 7) is 1.90. The van der Waals surface area contributed by atoms with Crippen LogP contribution < -0.4 is 5.32 Å². The predicted octanol–water partition coefficient (Wildman–Crippen LogP) is 2.02. The van der Waals surface area contributed by atoms with Crippen molar-refractivity contribution in [2.45, 2.75) is 39.0 Å². The number of fused-ring (bicyclic) bond motifs is 5. The molecule has 1 aromatic rings. The van der Waals surface area contributed by atoms with E-state index in [1.54, 1.807) is 0 Å². The van der Waals surface area contributed by atoms with Gasteiger partial charge in [-0.05, 0) is 24.7 Å². The van der Waals surface area contributed by atoms with E-state index in [1.165, 1.54) is 11.3 Å². The number of allylic oxidation sites excluding steroid dienone is 2. The monoisotopic (exact) mass is 374 g/mol. The maximum atomic E-state index is 12.6. The fraction of sp³-hybridized carbons (Fsp3) is 0.611. The largest absolute Gasteiger partial charge is 0.299 e. The van der Waals surface area contributed by atoms with Gasteiger partial charge in [-0.1, -0.05) is 43.3 Å². The van der Waals surface area contributed by atoms with E-state index in [2.05, 4.69) is 22.4 Å². The van der Waals surface area contributed by atoms with Gasteiger partial charge in [-0.15, -0.1) is 10.2 Å². The van der Waals surface area contributed by atoms with Gasteiger partial charge < -0.3 is 0 Å². The highest BCUT2D eigenvalue weighted by atomic mass is 32.1. The normalized spacial score (nSPS) is 28.9. The molecule has 8 heteroatoms. The Balaban J connectivity index is 1.34. The summed E-state index contributed by atoms with van der Waals surface area (Å²) in [5, 5.41) is 12.0. The summed E-state index contributed by atoms with van der Waals surface area (Å²) in [6.07, 6.45) is 9.15. The molecule has 2 aliphatic carbocycles. The average Bonchev–Trinajstić information content (AvgIpc) is 3.37. The van der Waals surface area contributed by atoms with Gasteiger partial charge in [0.1, 0.15) is 11.6 Å². The zero-order chi connectivity index (χ0) is 18.3. The van der Waals surface area contributed by atoms with Crippen molar-refractivity contribution in [2.24, 2.45) is 23.7 Å². The summed E-state index contributed by atoms with van der Waals surface area (Å²) in [5.74, 6) is -1.03. The molecule has 2 bridgehead atoms. The van der Waals surface area contributed by atoms with Crippen LogP contribution in [0.1, 0.15) is 37.6 Å². The van der Waals surface area contributed by atoms with Crippen molar-refractivity contribution < 1.29 is 14.4 Å². The van der Waals surface area contributed by atoms with Gasteiger partial charge in [-0.3, -0.25) is 24.6 Å². The minimum atomic E-state index is -0.400. The molecule has 3 aliphatic rings. The summed E-state index contributed by atoms with van der Waals surface area (Å²) < 4.78 is 0.